The Morgan fingerprint density at radius 2 is 1.62 bits per heavy atom. The van der Waals surface area contributed by atoms with E-state index in [9.17, 15) is 13.2 Å². The van der Waals surface area contributed by atoms with E-state index in [0.29, 0.717) is 18.0 Å². The van der Waals surface area contributed by atoms with Crippen molar-refractivity contribution in [2.75, 3.05) is 23.7 Å². The molecule has 0 radical (unpaired) electrons. The third kappa shape index (κ3) is 7.06. The van der Waals surface area contributed by atoms with Gasteiger partial charge in [0.05, 0.1) is 23.4 Å². The van der Waals surface area contributed by atoms with Crippen molar-refractivity contribution in [1.82, 2.24) is 9.99 Å². The lowest BCUT2D eigenvalue weighted by Gasteiger charge is -2.24. The second-order valence-electron chi connectivity index (χ2n) is 9.92. The van der Waals surface area contributed by atoms with Crippen LogP contribution < -0.4 is 14.5 Å². The van der Waals surface area contributed by atoms with Crippen molar-refractivity contribution in [3.05, 3.63) is 101 Å². The highest BCUT2D eigenvalue weighted by Gasteiger charge is 2.27. The SMILES string of the molecule is CCOc1ccc(N(CC(=O)N/N=C\c2cc(C)n(-c3cc(C)cc(C)c3)c2C)S(=O)(=O)c2ccc(SC)cc2)cc1. The van der Waals surface area contributed by atoms with Crippen LogP contribution in [0.4, 0.5) is 5.69 Å². The van der Waals surface area contributed by atoms with Gasteiger partial charge in [0.1, 0.15) is 12.3 Å². The monoisotopic (exact) mass is 604 g/mol. The molecule has 0 fully saturated rings. The summed E-state index contributed by atoms with van der Waals surface area (Å²) in [7, 11) is -4.06. The fourth-order valence-corrected chi connectivity index (χ4v) is 6.63. The van der Waals surface area contributed by atoms with Crippen molar-refractivity contribution in [3.63, 3.8) is 0 Å². The molecule has 0 atom stereocenters. The molecule has 4 rings (SSSR count). The van der Waals surface area contributed by atoms with E-state index in [0.717, 1.165) is 31.8 Å². The molecule has 0 saturated carbocycles. The third-order valence-electron chi connectivity index (χ3n) is 6.70. The molecule has 0 saturated heterocycles. The number of sulfonamides is 1. The minimum atomic E-state index is -4.06. The van der Waals surface area contributed by atoms with E-state index >= 15 is 0 Å². The Hall–Kier alpha value is -4.02. The molecule has 1 heterocycles. The van der Waals surface area contributed by atoms with E-state index in [-0.39, 0.29) is 4.90 Å². The highest BCUT2D eigenvalue weighted by Crippen LogP contribution is 2.27. The first-order chi connectivity index (χ1) is 20.0. The summed E-state index contributed by atoms with van der Waals surface area (Å²) in [4.78, 5) is 14.1. The summed E-state index contributed by atoms with van der Waals surface area (Å²) in [6.07, 6.45) is 3.50. The Morgan fingerprint density at radius 3 is 2.21 bits per heavy atom. The van der Waals surface area contributed by atoms with Crippen LogP contribution >= 0.6 is 11.8 Å². The number of hydrogen-bond acceptors (Lipinski definition) is 6. The molecule has 0 aliphatic rings. The molecule has 0 spiro atoms. The standard InChI is InChI=1S/C32H36N4O4S2/c1-7-40-29-10-8-27(9-11-29)35(42(38,39)31-14-12-30(41-6)13-15-31)21-32(37)34-33-20-26-19-24(4)36(25(26)5)28-17-22(2)16-23(3)18-28/h8-20H,7,21H2,1-6H3,(H,34,37)/b33-20-. The highest BCUT2D eigenvalue weighted by molar-refractivity contribution is 7.98. The molecule has 0 aliphatic carbocycles. The van der Waals surface area contributed by atoms with Crippen molar-refractivity contribution in [3.8, 4) is 11.4 Å². The zero-order chi connectivity index (χ0) is 30.4. The maximum Gasteiger partial charge on any atom is 0.264 e. The minimum Gasteiger partial charge on any atom is -0.494 e. The van der Waals surface area contributed by atoms with Gasteiger partial charge < -0.3 is 9.30 Å². The summed E-state index contributed by atoms with van der Waals surface area (Å²) in [6, 6.07) is 21.6. The van der Waals surface area contributed by atoms with E-state index in [4.69, 9.17) is 4.74 Å². The molecule has 1 N–H and O–H groups in total. The van der Waals surface area contributed by atoms with Crippen LogP contribution in [0, 0.1) is 27.7 Å². The molecule has 4 aromatic rings. The molecule has 220 valence electrons. The quantitative estimate of drug-likeness (QED) is 0.125. The van der Waals surface area contributed by atoms with Gasteiger partial charge in [-0.05, 0) is 119 Å². The van der Waals surface area contributed by atoms with E-state index in [1.165, 1.54) is 22.9 Å². The summed E-state index contributed by atoms with van der Waals surface area (Å²) in [5.41, 5.74) is 9.10. The molecule has 10 heteroatoms. The molecule has 1 aromatic heterocycles. The van der Waals surface area contributed by atoms with Crippen LogP contribution in [0.2, 0.25) is 0 Å². The smallest absolute Gasteiger partial charge is 0.264 e. The lowest BCUT2D eigenvalue weighted by Crippen LogP contribution is -2.39. The number of hydrogen-bond donors (Lipinski definition) is 1. The van der Waals surface area contributed by atoms with Gasteiger partial charge in [-0.25, -0.2) is 13.8 Å². The van der Waals surface area contributed by atoms with Crippen molar-refractivity contribution >= 4 is 39.6 Å². The highest BCUT2D eigenvalue weighted by atomic mass is 32.2. The molecule has 1 amide bonds. The Kier molecular flexibility index (Phi) is 9.80. The second kappa shape index (κ2) is 13.3. The van der Waals surface area contributed by atoms with E-state index in [1.54, 1.807) is 54.7 Å². The predicted molar refractivity (Wildman–Crippen MR) is 171 cm³/mol. The Balaban J connectivity index is 1.56. The largest absolute Gasteiger partial charge is 0.494 e. The molecule has 0 unspecified atom stereocenters. The second-order valence-corrected chi connectivity index (χ2v) is 12.7. The van der Waals surface area contributed by atoms with Gasteiger partial charge in [0.25, 0.3) is 15.9 Å². The molecular formula is C32H36N4O4S2. The van der Waals surface area contributed by atoms with Crippen LogP contribution in [0.3, 0.4) is 0 Å². The Bertz CT molecular complexity index is 1670. The van der Waals surface area contributed by atoms with E-state index < -0.39 is 22.5 Å². The van der Waals surface area contributed by atoms with Crippen LogP contribution in [-0.2, 0) is 14.8 Å². The topological polar surface area (TPSA) is 93.0 Å². The van der Waals surface area contributed by atoms with Crippen molar-refractivity contribution in [2.45, 2.75) is 44.4 Å². The normalized spacial score (nSPS) is 11.6. The lowest BCUT2D eigenvalue weighted by atomic mass is 10.1. The van der Waals surface area contributed by atoms with Crippen LogP contribution in [0.1, 0.15) is 35.0 Å². The number of rotatable bonds is 11. The molecule has 0 bridgehead atoms. The summed E-state index contributed by atoms with van der Waals surface area (Å²) in [5, 5.41) is 4.17. The Morgan fingerprint density at radius 1 is 0.976 bits per heavy atom. The average Bonchev–Trinajstić information content (AvgIpc) is 3.24. The number of anilines is 1. The number of ether oxygens (including phenoxy) is 1. The maximum absolute atomic E-state index is 13.7. The first-order valence-electron chi connectivity index (χ1n) is 13.5. The molecule has 42 heavy (non-hydrogen) atoms. The Labute approximate surface area is 252 Å². The number of aryl methyl sites for hydroxylation is 3. The molecule has 0 aliphatic heterocycles. The van der Waals surface area contributed by atoms with Gasteiger partial charge in [0.2, 0.25) is 0 Å². The third-order valence-corrected chi connectivity index (χ3v) is 9.23. The van der Waals surface area contributed by atoms with Gasteiger partial charge in [-0.2, -0.15) is 5.10 Å². The van der Waals surface area contributed by atoms with E-state index in [2.05, 4.69) is 47.1 Å². The van der Waals surface area contributed by atoms with Gasteiger partial charge in [0.15, 0.2) is 0 Å². The van der Waals surface area contributed by atoms with Crippen LogP contribution in [0.25, 0.3) is 5.69 Å². The van der Waals surface area contributed by atoms with Gasteiger partial charge in [-0.3, -0.25) is 9.10 Å². The van der Waals surface area contributed by atoms with Crippen molar-refractivity contribution in [2.24, 2.45) is 5.10 Å². The lowest BCUT2D eigenvalue weighted by molar-refractivity contribution is -0.119. The first-order valence-corrected chi connectivity index (χ1v) is 16.2. The number of nitrogens with one attached hydrogen (secondary N) is 1. The average molecular weight is 605 g/mol. The van der Waals surface area contributed by atoms with Crippen LogP contribution in [0.5, 0.6) is 5.75 Å². The van der Waals surface area contributed by atoms with Crippen LogP contribution in [-0.4, -0.2) is 44.5 Å². The fraction of sp³-hybridized carbons (Fsp3) is 0.250. The van der Waals surface area contributed by atoms with Gasteiger partial charge in [-0.1, -0.05) is 6.07 Å². The van der Waals surface area contributed by atoms with Gasteiger partial charge in [0, 0.05) is 27.5 Å². The number of amides is 1. The first kappa shape index (κ1) is 30.9. The number of benzene rings is 3. The van der Waals surface area contributed by atoms with Gasteiger partial charge >= 0.3 is 0 Å². The molecular weight excluding hydrogens is 569 g/mol. The van der Waals surface area contributed by atoms with Gasteiger partial charge in [-0.15, -0.1) is 11.8 Å². The zero-order valence-corrected chi connectivity index (χ0v) is 26.3. The summed E-state index contributed by atoms with van der Waals surface area (Å²) in [5.74, 6) is 0.0305. The number of carbonyl (C=O) groups is 1. The van der Waals surface area contributed by atoms with Crippen LogP contribution in [0.15, 0.2) is 87.7 Å². The van der Waals surface area contributed by atoms with Crippen molar-refractivity contribution < 1.29 is 17.9 Å². The molecule has 3 aromatic carbocycles. The number of nitrogens with zero attached hydrogens (tertiary/aromatic N) is 3. The number of hydrazone groups is 1. The summed E-state index contributed by atoms with van der Waals surface area (Å²) >= 11 is 1.52. The summed E-state index contributed by atoms with van der Waals surface area (Å²) < 4.78 is 36.1. The fourth-order valence-electron chi connectivity index (χ4n) is 4.80. The van der Waals surface area contributed by atoms with Crippen molar-refractivity contribution in [1.29, 1.82) is 0 Å². The number of aromatic nitrogens is 1. The number of thioether (sulfide) groups is 1. The van der Waals surface area contributed by atoms with E-state index in [1.807, 2.05) is 33.1 Å². The minimum absolute atomic E-state index is 0.0873. The number of carbonyl (C=O) groups excluding carboxylic acids is 1. The predicted octanol–water partition coefficient (Wildman–Crippen LogP) is 6.18. The molecule has 8 nitrogen and oxygen atoms in total. The summed E-state index contributed by atoms with van der Waals surface area (Å²) in [6.45, 7) is 10.0. The zero-order valence-electron chi connectivity index (χ0n) is 24.7. The maximum atomic E-state index is 13.7.